The van der Waals surface area contributed by atoms with Crippen LogP contribution in [0.15, 0.2) is 49.2 Å². The van der Waals surface area contributed by atoms with Crippen molar-refractivity contribution in [2.24, 2.45) is 0 Å². The van der Waals surface area contributed by atoms with Gasteiger partial charge in [-0.05, 0) is 12.5 Å². The molecule has 1 atom stereocenters. The van der Waals surface area contributed by atoms with Gasteiger partial charge in [0.05, 0.1) is 23.0 Å². The van der Waals surface area contributed by atoms with Crippen LogP contribution in [0.4, 0.5) is 10.2 Å². The number of carbonyl (C=O) groups is 1. The first-order chi connectivity index (χ1) is 15.5. The highest BCUT2D eigenvalue weighted by molar-refractivity contribution is 6.06. The second-order valence-corrected chi connectivity index (χ2v) is 7.39. The number of aryl methyl sites for hydroxylation is 1. The average Bonchev–Trinajstić information content (AvgIpc) is 2.82. The minimum absolute atomic E-state index is 0.000248. The number of amides is 1. The van der Waals surface area contributed by atoms with Crippen LogP contribution >= 0.6 is 0 Å². The first-order valence-electron chi connectivity index (χ1n) is 10.1. The number of pyridine rings is 1. The highest BCUT2D eigenvalue weighted by Crippen LogP contribution is 2.28. The van der Waals surface area contributed by atoms with Crippen molar-refractivity contribution in [3.8, 4) is 11.3 Å². The predicted molar refractivity (Wildman–Crippen MR) is 120 cm³/mol. The summed E-state index contributed by atoms with van der Waals surface area (Å²) >= 11 is 0. The number of rotatable bonds is 6. The number of carbonyl (C=O) groups excluding carboxylic acids is 1. The molecule has 0 saturated carbocycles. The van der Waals surface area contributed by atoms with Crippen LogP contribution in [0.1, 0.15) is 34.6 Å². The third-order valence-electron chi connectivity index (χ3n) is 5.20. The Morgan fingerprint density at radius 1 is 1.09 bits per heavy atom. The van der Waals surface area contributed by atoms with E-state index in [-0.39, 0.29) is 11.5 Å². The molecule has 0 spiro atoms. The maximum absolute atomic E-state index is 14.3. The summed E-state index contributed by atoms with van der Waals surface area (Å²) in [6.45, 7) is 4.41. The zero-order valence-corrected chi connectivity index (χ0v) is 17.9. The molecular formula is C23H22FN7O. The van der Waals surface area contributed by atoms with E-state index in [0.717, 1.165) is 17.3 Å². The molecule has 162 valence electrons. The maximum Gasteiger partial charge on any atom is 0.254 e. The highest BCUT2D eigenvalue weighted by atomic mass is 19.1. The van der Waals surface area contributed by atoms with E-state index < -0.39 is 11.7 Å². The molecule has 0 radical (unpaired) electrons. The fourth-order valence-corrected chi connectivity index (χ4v) is 3.48. The van der Waals surface area contributed by atoms with Crippen LogP contribution in [0, 0.1) is 12.7 Å². The van der Waals surface area contributed by atoms with Crippen LogP contribution in [0.2, 0.25) is 0 Å². The first-order valence-corrected chi connectivity index (χ1v) is 10.1. The van der Waals surface area contributed by atoms with E-state index in [2.05, 4.69) is 35.6 Å². The number of aromatic nitrogens is 5. The number of para-hydroxylation sites is 1. The van der Waals surface area contributed by atoms with Crippen LogP contribution in [-0.4, -0.2) is 44.4 Å². The molecule has 0 aliphatic carbocycles. The molecule has 8 nitrogen and oxygen atoms in total. The molecule has 0 aliphatic heterocycles. The van der Waals surface area contributed by atoms with Crippen LogP contribution < -0.4 is 10.6 Å². The molecule has 0 fully saturated rings. The van der Waals surface area contributed by atoms with E-state index in [9.17, 15) is 9.18 Å². The molecule has 2 N–H and O–H groups in total. The van der Waals surface area contributed by atoms with Gasteiger partial charge in [0.2, 0.25) is 0 Å². The Balaban J connectivity index is 1.57. The molecule has 0 saturated heterocycles. The number of benzene rings is 1. The second-order valence-electron chi connectivity index (χ2n) is 7.39. The Bertz CT molecular complexity index is 1280. The topological polar surface area (TPSA) is 106 Å². The summed E-state index contributed by atoms with van der Waals surface area (Å²) in [6, 6.07) is 7.28. The fourth-order valence-electron chi connectivity index (χ4n) is 3.48. The minimum atomic E-state index is -0.645. The quantitative estimate of drug-likeness (QED) is 0.481. The molecule has 0 bridgehead atoms. The zero-order valence-electron chi connectivity index (χ0n) is 17.9. The molecule has 0 unspecified atom stereocenters. The summed E-state index contributed by atoms with van der Waals surface area (Å²) in [6.07, 6.45) is 6.03. The standard InChI is InChI=1S/C23H22FN7O/c1-13(8-28-20-7-19(30-12-31-20)15-9-26-14(2)27-10-15)16-5-4-6-17-21(23(32)25-3)18(24)11-29-22(16)17/h4-7,9-13H,8H2,1-3H3,(H,25,32)(H,28,30,31)/t13-/m1/s1. The highest BCUT2D eigenvalue weighted by Gasteiger charge is 2.19. The third kappa shape index (κ3) is 4.22. The van der Waals surface area contributed by atoms with Crippen LogP contribution in [0.5, 0.6) is 0 Å². The van der Waals surface area contributed by atoms with Gasteiger partial charge in [-0.25, -0.2) is 24.3 Å². The van der Waals surface area contributed by atoms with Gasteiger partial charge in [0.15, 0.2) is 5.82 Å². The molecule has 3 heterocycles. The molecular weight excluding hydrogens is 409 g/mol. The van der Waals surface area contributed by atoms with Crippen molar-refractivity contribution in [3.05, 3.63) is 72.0 Å². The van der Waals surface area contributed by atoms with E-state index in [0.29, 0.717) is 34.8 Å². The predicted octanol–water partition coefficient (Wildman–Crippen LogP) is 3.50. The summed E-state index contributed by atoms with van der Waals surface area (Å²) in [7, 11) is 1.48. The van der Waals surface area contributed by atoms with Gasteiger partial charge in [-0.1, -0.05) is 25.1 Å². The van der Waals surface area contributed by atoms with Gasteiger partial charge in [-0.2, -0.15) is 0 Å². The molecule has 0 aliphatic rings. The van der Waals surface area contributed by atoms with Crippen LogP contribution in [0.25, 0.3) is 22.2 Å². The smallest absolute Gasteiger partial charge is 0.254 e. The number of fused-ring (bicyclic) bond motifs is 1. The lowest BCUT2D eigenvalue weighted by atomic mass is 9.96. The SMILES string of the molecule is CNC(=O)c1c(F)cnc2c([C@H](C)CNc3cc(-c4cnc(C)nc4)ncn3)cccc12. The summed E-state index contributed by atoms with van der Waals surface area (Å²) < 4.78 is 14.3. The Morgan fingerprint density at radius 3 is 2.62 bits per heavy atom. The summed E-state index contributed by atoms with van der Waals surface area (Å²) in [5, 5.41) is 6.29. The molecule has 4 rings (SSSR count). The zero-order chi connectivity index (χ0) is 22.7. The van der Waals surface area contributed by atoms with Gasteiger partial charge in [0, 0.05) is 48.9 Å². The number of nitrogens with zero attached hydrogens (tertiary/aromatic N) is 5. The fraction of sp³-hybridized carbons (Fsp3) is 0.217. The van der Waals surface area contributed by atoms with E-state index in [4.69, 9.17) is 0 Å². The Kier molecular flexibility index (Phi) is 5.98. The third-order valence-corrected chi connectivity index (χ3v) is 5.20. The molecule has 1 amide bonds. The summed E-state index contributed by atoms with van der Waals surface area (Å²) in [5.74, 6) is 0.237. The maximum atomic E-state index is 14.3. The second kappa shape index (κ2) is 9.01. The monoisotopic (exact) mass is 431 g/mol. The number of hydrogen-bond acceptors (Lipinski definition) is 7. The molecule has 3 aromatic heterocycles. The van der Waals surface area contributed by atoms with E-state index in [1.807, 2.05) is 32.0 Å². The Labute approximate surface area is 184 Å². The normalized spacial score (nSPS) is 11.9. The van der Waals surface area contributed by atoms with Crippen molar-refractivity contribution in [1.29, 1.82) is 0 Å². The largest absolute Gasteiger partial charge is 0.369 e. The van der Waals surface area contributed by atoms with Crippen molar-refractivity contribution in [3.63, 3.8) is 0 Å². The van der Waals surface area contributed by atoms with Gasteiger partial charge in [0.25, 0.3) is 5.91 Å². The number of hydrogen-bond donors (Lipinski definition) is 2. The lowest BCUT2D eigenvalue weighted by Gasteiger charge is -2.16. The molecule has 1 aromatic carbocycles. The van der Waals surface area contributed by atoms with Crippen molar-refractivity contribution >= 4 is 22.6 Å². The van der Waals surface area contributed by atoms with Gasteiger partial charge < -0.3 is 10.6 Å². The van der Waals surface area contributed by atoms with Gasteiger partial charge in [-0.3, -0.25) is 9.78 Å². The van der Waals surface area contributed by atoms with E-state index in [1.54, 1.807) is 18.5 Å². The summed E-state index contributed by atoms with van der Waals surface area (Å²) in [5.41, 5.74) is 3.02. The Morgan fingerprint density at radius 2 is 1.88 bits per heavy atom. The van der Waals surface area contributed by atoms with Crippen LogP contribution in [-0.2, 0) is 0 Å². The lowest BCUT2D eigenvalue weighted by Crippen LogP contribution is -2.20. The van der Waals surface area contributed by atoms with Gasteiger partial charge >= 0.3 is 0 Å². The number of nitrogens with one attached hydrogen (secondary N) is 2. The van der Waals surface area contributed by atoms with Gasteiger partial charge in [0.1, 0.15) is 18.0 Å². The average molecular weight is 431 g/mol. The van der Waals surface area contributed by atoms with Crippen molar-refractivity contribution < 1.29 is 9.18 Å². The molecule has 32 heavy (non-hydrogen) atoms. The molecule has 9 heteroatoms. The number of halogens is 1. The molecule has 4 aromatic rings. The minimum Gasteiger partial charge on any atom is -0.369 e. The van der Waals surface area contributed by atoms with Crippen molar-refractivity contribution in [2.75, 3.05) is 18.9 Å². The van der Waals surface area contributed by atoms with Crippen molar-refractivity contribution in [1.82, 2.24) is 30.2 Å². The Hall–Kier alpha value is -4.01. The van der Waals surface area contributed by atoms with Crippen LogP contribution in [0.3, 0.4) is 0 Å². The summed E-state index contributed by atoms with van der Waals surface area (Å²) in [4.78, 5) is 33.5. The van der Waals surface area contributed by atoms with Crippen molar-refractivity contribution in [2.45, 2.75) is 19.8 Å². The lowest BCUT2D eigenvalue weighted by molar-refractivity contribution is 0.0960. The van der Waals surface area contributed by atoms with E-state index in [1.165, 1.54) is 13.4 Å². The number of anilines is 1. The first kappa shape index (κ1) is 21.2. The van der Waals surface area contributed by atoms with E-state index >= 15 is 0 Å². The van der Waals surface area contributed by atoms with Gasteiger partial charge in [-0.15, -0.1) is 0 Å².